The highest BCUT2D eigenvalue weighted by molar-refractivity contribution is 5.85. The third kappa shape index (κ3) is 4.23. The Kier molecular flexibility index (Phi) is 5.87. The van der Waals surface area contributed by atoms with Crippen molar-refractivity contribution in [2.45, 2.75) is 19.9 Å². The lowest BCUT2D eigenvalue weighted by Crippen LogP contribution is -2.46. The molecule has 0 aromatic carbocycles. The zero-order chi connectivity index (χ0) is 11.1. The number of ether oxygens (including phenoxy) is 2. The van der Waals surface area contributed by atoms with Gasteiger partial charge < -0.3 is 14.8 Å². The van der Waals surface area contributed by atoms with E-state index in [4.69, 9.17) is 0 Å². The molecule has 0 saturated carbocycles. The number of methoxy groups -OCH3 is 2. The van der Waals surface area contributed by atoms with Gasteiger partial charge in [0.05, 0.1) is 7.11 Å². The first-order valence-electron chi connectivity index (χ1n) is 4.39. The molecule has 0 fully saturated rings. The summed E-state index contributed by atoms with van der Waals surface area (Å²) >= 11 is 0. The van der Waals surface area contributed by atoms with E-state index in [1.807, 2.05) is 13.8 Å². The summed E-state index contributed by atoms with van der Waals surface area (Å²) in [6.45, 7) is 3.60. The minimum atomic E-state index is -0.609. The number of nitrogens with one attached hydrogen (secondary N) is 1. The second kappa shape index (κ2) is 6.37. The predicted octanol–water partition coefficient (Wildman–Crippen LogP) is -0.0534. The topological polar surface area (TPSA) is 64.6 Å². The fourth-order valence-electron chi connectivity index (χ4n) is 0.971. The molecule has 0 aliphatic carbocycles. The molecule has 5 nitrogen and oxygen atoms in total. The van der Waals surface area contributed by atoms with Crippen LogP contribution in [0.3, 0.4) is 0 Å². The minimum absolute atomic E-state index is 0.0109. The third-order valence-corrected chi connectivity index (χ3v) is 1.71. The molecule has 1 N–H and O–H groups in total. The van der Waals surface area contributed by atoms with Crippen molar-refractivity contribution >= 4 is 11.9 Å². The summed E-state index contributed by atoms with van der Waals surface area (Å²) in [5.41, 5.74) is 0. The molecule has 1 unspecified atom stereocenters. The lowest BCUT2D eigenvalue weighted by molar-refractivity contribution is -0.146. The second-order valence-corrected chi connectivity index (χ2v) is 3.25. The van der Waals surface area contributed by atoms with Crippen LogP contribution in [0.1, 0.15) is 13.8 Å². The Balaban J connectivity index is 4.23. The molecule has 0 heterocycles. The van der Waals surface area contributed by atoms with Crippen LogP contribution in [0.15, 0.2) is 0 Å². The predicted molar refractivity (Wildman–Crippen MR) is 50.7 cm³/mol. The van der Waals surface area contributed by atoms with Crippen molar-refractivity contribution in [3.05, 3.63) is 0 Å². The van der Waals surface area contributed by atoms with E-state index in [0.29, 0.717) is 0 Å². The summed E-state index contributed by atoms with van der Waals surface area (Å²) in [4.78, 5) is 22.3. The van der Waals surface area contributed by atoms with Crippen molar-refractivity contribution in [2.24, 2.45) is 5.92 Å². The Labute approximate surface area is 83.8 Å². The van der Waals surface area contributed by atoms with Crippen LogP contribution in [-0.2, 0) is 19.1 Å². The van der Waals surface area contributed by atoms with Crippen molar-refractivity contribution in [1.29, 1.82) is 0 Å². The Hall–Kier alpha value is -1.10. The molecule has 0 rings (SSSR count). The van der Waals surface area contributed by atoms with Crippen molar-refractivity contribution in [2.75, 3.05) is 20.8 Å². The first-order valence-corrected chi connectivity index (χ1v) is 4.39. The second-order valence-electron chi connectivity index (χ2n) is 3.25. The maximum absolute atomic E-state index is 11.2. The summed E-state index contributed by atoms with van der Waals surface area (Å²) in [5.74, 6) is -0.774. The molecule has 5 heteroatoms. The van der Waals surface area contributed by atoms with Gasteiger partial charge in [-0.1, -0.05) is 13.8 Å². The quantitative estimate of drug-likeness (QED) is 0.636. The molecule has 0 aliphatic heterocycles. The lowest BCUT2D eigenvalue weighted by Gasteiger charge is -2.19. The first kappa shape index (κ1) is 12.9. The average Bonchev–Trinajstić information content (AvgIpc) is 2.13. The fraction of sp³-hybridized carbons (Fsp3) is 0.778. The van der Waals surface area contributed by atoms with Gasteiger partial charge in [0.15, 0.2) is 0 Å². The van der Waals surface area contributed by atoms with E-state index >= 15 is 0 Å². The van der Waals surface area contributed by atoms with E-state index in [2.05, 4.69) is 14.8 Å². The Bertz CT molecular complexity index is 203. The molecule has 0 spiro atoms. The van der Waals surface area contributed by atoms with Gasteiger partial charge >= 0.3 is 5.97 Å². The average molecular weight is 203 g/mol. The first-order chi connectivity index (χ1) is 6.52. The summed E-state index contributed by atoms with van der Waals surface area (Å²) in [6, 6.07) is -0.609. The van der Waals surface area contributed by atoms with Gasteiger partial charge in [-0.2, -0.15) is 0 Å². The van der Waals surface area contributed by atoms with Gasteiger partial charge in [-0.25, -0.2) is 4.79 Å². The van der Waals surface area contributed by atoms with Crippen LogP contribution in [0.2, 0.25) is 0 Å². The Morgan fingerprint density at radius 1 is 1.29 bits per heavy atom. The highest BCUT2D eigenvalue weighted by Crippen LogP contribution is 2.03. The van der Waals surface area contributed by atoms with Crippen molar-refractivity contribution in [3.63, 3.8) is 0 Å². The van der Waals surface area contributed by atoms with Gasteiger partial charge in [0.1, 0.15) is 12.6 Å². The SMILES string of the molecule is COCC(=O)NC(C(=O)OC)C(C)C. The van der Waals surface area contributed by atoms with E-state index in [1.165, 1.54) is 14.2 Å². The van der Waals surface area contributed by atoms with Gasteiger partial charge in [0.2, 0.25) is 5.91 Å². The summed E-state index contributed by atoms with van der Waals surface area (Å²) in [7, 11) is 2.71. The molecule has 1 amide bonds. The number of esters is 1. The van der Waals surface area contributed by atoms with Crippen molar-refractivity contribution in [1.82, 2.24) is 5.32 Å². The lowest BCUT2D eigenvalue weighted by atomic mass is 10.0. The normalized spacial score (nSPS) is 12.4. The number of carbonyl (C=O) groups is 2. The standard InChI is InChI=1S/C9H17NO4/c1-6(2)8(9(12)14-4)10-7(11)5-13-3/h6,8H,5H2,1-4H3,(H,10,11). The molecule has 82 valence electrons. The summed E-state index contributed by atoms with van der Waals surface area (Å²) in [5, 5.41) is 2.53. The van der Waals surface area contributed by atoms with Crippen LogP contribution in [0, 0.1) is 5.92 Å². The molecule has 0 radical (unpaired) electrons. The van der Waals surface area contributed by atoms with Crippen LogP contribution in [0.25, 0.3) is 0 Å². The zero-order valence-corrected chi connectivity index (χ0v) is 8.99. The van der Waals surface area contributed by atoms with Gasteiger partial charge in [0, 0.05) is 7.11 Å². The maximum Gasteiger partial charge on any atom is 0.328 e. The molecular formula is C9H17NO4. The Morgan fingerprint density at radius 3 is 2.21 bits per heavy atom. The van der Waals surface area contributed by atoms with Crippen molar-refractivity contribution < 1.29 is 19.1 Å². The van der Waals surface area contributed by atoms with Crippen LogP contribution >= 0.6 is 0 Å². The van der Waals surface area contributed by atoms with Crippen LogP contribution < -0.4 is 5.32 Å². The summed E-state index contributed by atoms with van der Waals surface area (Å²) in [6.07, 6.45) is 0. The number of hydrogen-bond acceptors (Lipinski definition) is 4. The highest BCUT2D eigenvalue weighted by Gasteiger charge is 2.24. The largest absolute Gasteiger partial charge is 0.467 e. The van der Waals surface area contributed by atoms with E-state index in [-0.39, 0.29) is 18.4 Å². The van der Waals surface area contributed by atoms with Crippen molar-refractivity contribution in [3.8, 4) is 0 Å². The number of carbonyl (C=O) groups excluding carboxylic acids is 2. The van der Waals surface area contributed by atoms with E-state index in [9.17, 15) is 9.59 Å². The molecule has 14 heavy (non-hydrogen) atoms. The molecular weight excluding hydrogens is 186 g/mol. The van der Waals surface area contributed by atoms with Gasteiger partial charge in [-0.3, -0.25) is 4.79 Å². The summed E-state index contributed by atoms with van der Waals surface area (Å²) < 4.78 is 9.19. The van der Waals surface area contributed by atoms with Crippen LogP contribution in [-0.4, -0.2) is 38.7 Å². The van der Waals surface area contributed by atoms with E-state index < -0.39 is 12.0 Å². The molecule has 0 aliphatic rings. The molecule has 1 atom stereocenters. The van der Waals surface area contributed by atoms with Crippen LogP contribution in [0.5, 0.6) is 0 Å². The maximum atomic E-state index is 11.2. The highest BCUT2D eigenvalue weighted by atomic mass is 16.5. The van der Waals surface area contributed by atoms with Crippen LogP contribution in [0.4, 0.5) is 0 Å². The van der Waals surface area contributed by atoms with Gasteiger partial charge in [-0.15, -0.1) is 0 Å². The number of hydrogen-bond donors (Lipinski definition) is 1. The smallest absolute Gasteiger partial charge is 0.328 e. The number of rotatable bonds is 5. The van der Waals surface area contributed by atoms with E-state index in [1.54, 1.807) is 0 Å². The molecule has 0 aromatic rings. The van der Waals surface area contributed by atoms with Gasteiger partial charge in [0.25, 0.3) is 0 Å². The van der Waals surface area contributed by atoms with Gasteiger partial charge in [-0.05, 0) is 5.92 Å². The molecule has 0 saturated heterocycles. The minimum Gasteiger partial charge on any atom is -0.467 e. The zero-order valence-electron chi connectivity index (χ0n) is 8.99. The molecule has 0 bridgehead atoms. The third-order valence-electron chi connectivity index (χ3n) is 1.71. The molecule has 0 aromatic heterocycles. The fourth-order valence-corrected chi connectivity index (χ4v) is 0.971. The van der Waals surface area contributed by atoms with E-state index in [0.717, 1.165) is 0 Å². The number of amides is 1. The Morgan fingerprint density at radius 2 is 1.86 bits per heavy atom. The monoisotopic (exact) mass is 203 g/mol.